The molecule has 1 aliphatic heterocycles. The van der Waals surface area contributed by atoms with Crippen LogP contribution in [0.15, 0.2) is 48.5 Å². The van der Waals surface area contributed by atoms with Crippen LogP contribution in [0.1, 0.15) is 38.3 Å². The molecule has 1 unspecified atom stereocenters. The molecule has 1 aliphatic rings. The Morgan fingerprint density at radius 3 is 2.32 bits per heavy atom. The standard InChI is InChI=1S/C27H38N4O3/c1-5-34-25-9-7-6-8-24(25)30-14-16-31(17-15-30)26(32)23(18-20(2)3)29-27(33)28-19-22-12-10-21(4)11-13-22/h6-13,20,23H,5,14-19H2,1-4H3,(H2,28,29,33). The summed E-state index contributed by atoms with van der Waals surface area (Å²) in [5.41, 5.74) is 3.26. The normalized spacial score (nSPS) is 14.6. The Hall–Kier alpha value is -3.22. The first-order valence-electron chi connectivity index (χ1n) is 12.2. The summed E-state index contributed by atoms with van der Waals surface area (Å²) in [5, 5.41) is 5.80. The second-order valence-electron chi connectivity index (χ2n) is 9.21. The number of rotatable bonds is 9. The summed E-state index contributed by atoms with van der Waals surface area (Å²) in [6.07, 6.45) is 0.601. The van der Waals surface area contributed by atoms with Crippen molar-refractivity contribution in [2.45, 2.75) is 46.7 Å². The van der Waals surface area contributed by atoms with Crippen LogP contribution in [-0.2, 0) is 11.3 Å². The van der Waals surface area contributed by atoms with Gasteiger partial charge in [-0.25, -0.2) is 4.79 Å². The lowest BCUT2D eigenvalue weighted by Crippen LogP contribution is -2.56. The van der Waals surface area contributed by atoms with Crippen LogP contribution in [0.25, 0.3) is 0 Å². The minimum atomic E-state index is -0.541. The molecule has 3 amide bonds. The molecule has 0 aromatic heterocycles. The van der Waals surface area contributed by atoms with Crippen LogP contribution in [-0.4, -0.2) is 55.7 Å². The van der Waals surface area contributed by atoms with Gasteiger partial charge in [-0.2, -0.15) is 0 Å². The average molecular weight is 467 g/mol. The molecule has 7 heteroatoms. The number of ether oxygens (including phenoxy) is 1. The summed E-state index contributed by atoms with van der Waals surface area (Å²) >= 11 is 0. The second kappa shape index (κ2) is 12.3. The van der Waals surface area contributed by atoms with Crippen LogP contribution in [0.4, 0.5) is 10.5 Å². The molecule has 3 rings (SSSR count). The van der Waals surface area contributed by atoms with Gasteiger partial charge in [-0.3, -0.25) is 4.79 Å². The number of para-hydroxylation sites is 2. The number of anilines is 1. The zero-order valence-electron chi connectivity index (χ0n) is 20.8. The predicted octanol–water partition coefficient (Wildman–Crippen LogP) is 3.96. The summed E-state index contributed by atoms with van der Waals surface area (Å²) < 4.78 is 5.77. The molecular formula is C27H38N4O3. The maximum atomic E-state index is 13.3. The number of amides is 3. The van der Waals surface area contributed by atoms with E-state index in [1.54, 1.807) is 0 Å². The molecule has 184 valence electrons. The highest BCUT2D eigenvalue weighted by atomic mass is 16.5. The van der Waals surface area contributed by atoms with Crippen LogP contribution in [0, 0.1) is 12.8 Å². The van der Waals surface area contributed by atoms with Gasteiger partial charge in [0, 0.05) is 32.7 Å². The van der Waals surface area contributed by atoms with Crippen LogP contribution in [0.5, 0.6) is 5.75 Å². The number of carbonyl (C=O) groups excluding carboxylic acids is 2. The molecule has 1 atom stereocenters. The lowest BCUT2D eigenvalue weighted by Gasteiger charge is -2.38. The number of nitrogens with zero attached hydrogens (tertiary/aromatic N) is 2. The van der Waals surface area contributed by atoms with E-state index in [0.29, 0.717) is 32.7 Å². The first-order chi connectivity index (χ1) is 16.4. The van der Waals surface area contributed by atoms with Crippen molar-refractivity contribution >= 4 is 17.6 Å². The molecule has 0 aliphatic carbocycles. The predicted molar refractivity (Wildman–Crippen MR) is 136 cm³/mol. The van der Waals surface area contributed by atoms with E-state index in [4.69, 9.17) is 4.74 Å². The van der Waals surface area contributed by atoms with Crippen LogP contribution < -0.4 is 20.3 Å². The van der Waals surface area contributed by atoms with E-state index in [2.05, 4.69) is 35.4 Å². The Labute approximate surface area is 203 Å². The van der Waals surface area contributed by atoms with Gasteiger partial charge in [0.1, 0.15) is 11.8 Å². The third-order valence-electron chi connectivity index (χ3n) is 5.98. The molecule has 1 saturated heterocycles. The molecular weight excluding hydrogens is 428 g/mol. The molecule has 2 aromatic rings. The van der Waals surface area contributed by atoms with Crippen molar-refractivity contribution in [2.24, 2.45) is 5.92 Å². The maximum absolute atomic E-state index is 13.3. The van der Waals surface area contributed by atoms with Gasteiger partial charge in [0.15, 0.2) is 0 Å². The summed E-state index contributed by atoms with van der Waals surface area (Å²) in [4.78, 5) is 30.0. The first kappa shape index (κ1) is 25.4. The molecule has 34 heavy (non-hydrogen) atoms. The van der Waals surface area contributed by atoms with Crippen molar-refractivity contribution in [1.82, 2.24) is 15.5 Å². The lowest BCUT2D eigenvalue weighted by atomic mass is 10.0. The second-order valence-corrected chi connectivity index (χ2v) is 9.21. The van der Waals surface area contributed by atoms with Crippen molar-refractivity contribution in [3.05, 3.63) is 59.7 Å². The minimum Gasteiger partial charge on any atom is -0.492 e. The van der Waals surface area contributed by atoms with E-state index < -0.39 is 6.04 Å². The Balaban J connectivity index is 1.56. The Morgan fingerprint density at radius 2 is 1.68 bits per heavy atom. The fraction of sp³-hybridized carbons (Fsp3) is 0.481. The maximum Gasteiger partial charge on any atom is 0.315 e. The molecule has 1 heterocycles. The number of hydrogen-bond acceptors (Lipinski definition) is 4. The van der Waals surface area contributed by atoms with Gasteiger partial charge in [0.25, 0.3) is 0 Å². The van der Waals surface area contributed by atoms with E-state index in [0.717, 1.165) is 30.1 Å². The molecule has 2 aromatic carbocycles. The fourth-order valence-corrected chi connectivity index (χ4v) is 4.17. The summed E-state index contributed by atoms with van der Waals surface area (Å²) in [6.45, 7) is 11.9. The number of piperazine rings is 1. The van der Waals surface area contributed by atoms with Crippen molar-refractivity contribution in [2.75, 3.05) is 37.7 Å². The van der Waals surface area contributed by atoms with Crippen LogP contribution in [0.3, 0.4) is 0 Å². The van der Waals surface area contributed by atoms with Gasteiger partial charge in [-0.05, 0) is 43.9 Å². The lowest BCUT2D eigenvalue weighted by molar-refractivity contribution is -0.133. The van der Waals surface area contributed by atoms with Gasteiger partial charge in [0.05, 0.1) is 12.3 Å². The number of urea groups is 1. The Kier molecular flexibility index (Phi) is 9.19. The molecule has 0 spiro atoms. The zero-order valence-corrected chi connectivity index (χ0v) is 20.8. The highest BCUT2D eigenvalue weighted by Gasteiger charge is 2.29. The SMILES string of the molecule is CCOc1ccccc1N1CCN(C(=O)C(CC(C)C)NC(=O)NCc2ccc(C)cc2)CC1. The fourth-order valence-electron chi connectivity index (χ4n) is 4.17. The summed E-state index contributed by atoms with van der Waals surface area (Å²) in [7, 11) is 0. The van der Waals surface area contributed by atoms with Gasteiger partial charge >= 0.3 is 6.03 Å². The molecule has 1 fully saturated rings. The third-order valence-corrected chi connectivity index (χ3v) is 5.98. The number of carbonyl (C=O) groups is 2. The van der Waals surface area contributed by atoms with Crippen molar-refractivity contribution in [1.29, 1.82) is 0 Å². The van der Waals surface area contributed by atoms with Crippen molar-refractivity contribution < 1.29 is 14.3 Å². The first-order valence-corrected chi connectivity index (χ1v) is 12.2. The summed E-state index contributed by atoms with van der Waals surface area (Å²) in [5.74, 6) is 1.14. The van der Waals surface area contributed by atoms with E-state index in [1.165, 1.54) is 5.56 Å². The number of hydrogen-bond donors (Lipinski definition) is 2. The van der Waals surface area contributed by atoms with Gasteiger partial charge in [-0.1, -0.05) is 55.8 Å². The number of aryl methyl sites for hydroxylation is 1. The van der Waals surface area contributed by atoms with Crippen LogP contribution >= 0.6 is 0 Å². The Morgan fingerprint density at radius 1 is 1.00 bits per heavy atom. The topological polar surface area (TPSA) is 73.9 Å². The van der Waals surface area contributed by atoms with E-state index in [9.17, 15) is 9.59 Å². The van der Waals surface area contributed by atoms with Gasteiger partial charge in [-0.15, -0.1) is 0 Å². The van der Waals surface area contributed by atoms with E-state index >= 15 is 0 Å². The molecule has 2 N–H and O–H groups in total. The quantitative estimate of drug-likeness (QED) is 0.587. The summed E-state index contributed by atoms with van der Waals surface area (Å²) in [6, 6.07) is 15.2. The highest BCUT2D eigenvalue weighted by molar-refractivity contribution is 5.87. The highest BCUT2D eigenvalue weighted by Crippen LogP contribution is 2.29. The van der Waals surface area contributed by atoms with Crippen molar-refractivity contribution in [3.63, 3.8) is 0 Å². The smallest absolute Gasteiger partial charge is 0.315 e. The van der Waals surface area contributed by atoms with E-state index in [-0.39, 0.29) is 17.9 Å². The molecule has 0 saturated carbocycles. The monoisotopic (exact) mass is 466 g/mol. The average Bonchev–Trinajstić information content (AvgIpc) is 2.83. The van der Waals surface area contributed by atoms with Crippen molar-refractivity contribution in [3.8, 4) is 5.75 Å². The number of benzene rings is 2. The van der Waals surface area contributed by atoms with Crippen LogP contribution in [0.2, 0.25) is 0 Å². The largest absolute Gasteiger partial charge is 0.492 e. The van der Waals surface area contributed by atoms with Gasteiger partial charge in [0.2, 0.25) is 5.91 Å². The third kappa shape index (κ3) is 7.14. The van der Waals surface area contributed by atoms with Gasteiger partial charge < -0.3 is 25.2 Å². The molecule has 7 nitrogen and oxygen atoms in total. The Bertz CT molecular complexity index is 937. The minimum absolute atomic E-state index is 0.0167. The molecule has 0 bridgehead atoms. The number of nitrogens with one attached hydrogen (secondary N) is 2. The zero-order chi connectivity index (χ0) is 24.5. The molecule has 0 radical (unpaired) electrons. The van der Waals surface area contributed by atoms with E-state index in [1.807, 2.05) is 61.2 Å².